The van der Waals surface area contributed by atoms with Crippen molar-refractivity contribution < 1.29 is 27.4 Å². The molecule has 2 amide bonds. The Kier molecular flexibility index (Phi) is 5.61. The first-order valence-electron chi connectivity index (χ1n) is 9.78. The van der Waals surface area contributed by atoms with Gasteiger partial charge in [-0.1, -0.05) is 0 Å². The molecule has 6 nitrogen and oxygen atoms in total. The number of likely N-dealkylation sites (tertiary alicyclic amines) is 1. The Balaban J connectivity index is 1.35. The van der Waals surface area contributed by atoms with Crippen LogP contribution in [0.1, 0.15) is 18.4 Å². The van der Waals surface area contributed by atoms with Gasteiger partial charge < -0.3 is 25.0 Å². The molecule has 0 bridgehead atoms. The topological polar surface area (TPSA) is 62.8 Å². The highest BCUT2D eigenvalue weighted by atomic mass is 19.4. The van der Waals surface area contributed by atoms with Gasteiger partial charge in [0.25, 0.3) is 0 Å². The Morgan fingerprint density at radius 1 is 1.00 bits per heavy atom. The number of carbonyl (C=O) groups excluding carboxylic acids is 1. The maximum absolute atomic E-state index is 12.7. The van der Waals surface area contributed by atoms with Gasteiger partial charge in [-0.3, -0.25) is 0 Å². The largest absolute Gasteiger partial charge is 0.486 e. The van der Waals surface area contributed by atoms with Crippen LogP contribution in [0.4, 0.5) is 29.3 Å². The van der Waals surface area contributed by atoms with Crippen LogP contribution in [0.3, 0.4) is 0 Å². The molecule has 2 heterocycles. The third kappa shape index (κ3) is 4.72. The average Bonchev–Trinajstić information content (AvgIpc) is 2.73. The van der Waals surface area contributed by atoms with Crippen LogP contribution in [0.15, 0.2) is 42.5 Å². The molecule has 0 saturated carbocycles. The van der Waals surface area contributed by atoms with Gasteiger partial charge in [-0.15, -0.1) is 0 Å². The molecule has 2 aliphatic rings. The summed E-state index contributed by atoms with van der Waals surface area (Å²) in [6.07, 6.45) is -2.68. The molecule has 2 aromatic carbocycles. The fourth-order valence-corrected chi connectivity index (χ4v) is 3.59. The van der Waals surface area contributed by atoms with E-state index in [0.717, 1.165) is 30.7 Å². The van der Waals surface area contributed by atoms with Crippen molar-refractivity contribution >= 4 is 17.4 Å². The number of hydrogen-bond donors (Lipinski definition) is 2. The second-order valence-electron chi connectivity index (χ2n) is 7.29. The van der Waals surface area contributed by atoms with Crippen LogP contribution in [-0.4, -0.2) is 43.3 Å². The second-order valence-corrected chi connectivity index (χ2v) is 7.29. The third-order valence-electron chi connectivity index (χ3n) is 5.09. The monoisotopic (exact) mass is 421 g/mol. The van der Waals surface area contributed by atoms with Crippen molar-refractivity contribution in [3.8, 4) is 11.5 Å². The van der Waals surface area contributed by atoms with Crippen LogP contribution >= 0.6 is 0 Å². The van der Waals surface area contributed by atoms with Crippen molar-refractivity contribution in [1.82, 2.24) is 4.90 Å². The Hall–Kier alpha value is -3.10. The van der Waals surface area contributed by atoms with E-state index >= 15 is 0 Å². The summed E-state index contributed by atoms with van der Waals surface area (Å²) < 4.78 is 49.1. The summed E-state index contributed by atoms with van der Waals surface area (Å²) >= 11 is 0. The van der Waals surface area contributed by atoms with E-state index in [-0.39, 0.29) is 12.1 Å². The predicted octanol–water partition coefficient (Wildman–Crippen LogP) is 4.59. The van der Waals surface area contributed by atoms with Gasteiger partial charge in [0.1, 0.15) is 13.2 Å². The smallest absolute Gasteiger partial charge is 0.416 e. The van der Waals surface area contributed by atoms with E-state index in [1.54, 1.807) is 4.90 Å². The summed E-state index contributed by atoms with van der Waals surface area (Å²) in [6, 6.07) is 9.81. The summed E-state index contributed by atoms with van der Waals surface area (Å²) in [4.78, 5) is 14.2. The quantitative estimate of drug-likeness (QED) is 0.761. The molecule has 0 aromatic heterocycles. The molecule has 2 aliphatic heterocycles. The third-order valence-corrected chi connectivity index (χ3v) is 5.09. The average molecular weight is 421 g/mol. The van der Waals surface area contributed by atoms with Crippen molar-refractivity contribution in [2.45, 2.75) is 25.1 Å². The van der Waals surface area contributed by atoms with Gasteiger partial charge in [-0.05, 0) is 49.2 Å². The fourth-order valence-electron chi connectivity index (χ4n) is 3.59. The zero-order valence-corrected chi connectivity index (χ0v) is 16.2. The summed E-state index contributed by atoms with van der Waals surface area (Å²) in [6.45, 7) is 2.12. The number of nitrogens with zero attached hydrogens (tertiary/aromatic N) is 1. The van der Waals surface area contributed by atoms with E-state index in [1.165, 1.54) is 12.1 Å². The van der Waals surface area contributed by atoms with Crippen LogP contribution < -0.4 is 20.1 Å². The van der Waals surface area contributed by atoms with Gasteiger partial charge in [0.15, 0.2) is 11.5 Å². The van der Waals surface area contributed by atoms with Crippen molar-refractivity contribution in [2.75, 3.05) is 36.9 Å². The zero-order valence-electron chi connectivity index (χ0n) is 16.2. The van der Waals surface area contributed by atoms with E-state index in [0.29, 0.717) is 43.5 Å². The van der Waals surface area contributed by atoms with Crippen LogP contribution in [0, 0.1) is 0 Å². The minimum atomic E-state index is -4.40. The molecule has 1 saturated heterocycles. The molecule has 160 valence electrons. The molecule has 1 atom stereocenters. The van der Waals surface area contributed by atoms with Crippen molar-refractivity contribution in [1.29, 1.82) is 0 Å². The highest BCUT2D eigenvalue weighted by molar-refractivity contribution is 5.89. The molecule has 9 heteroatoms. The first kappa shape index (κ1) is 20.2. The van der Waals surface area contributed by atoms with Gasteiger partial charge in [0, 0.05) is 36.6 Å². The normalized spacial score (nSPS) is 18.6. The Labute approximate surface area is 172 Å². The van der Waals surface area contributed by atoms with E-state index in [2.05, 4.69) is 10.6 Å². The van der Waals surface area contributed by atoms with Crippen molar-refractivity contribution in [3.05, 3.63) is 48.0 Å². The molecule has 0 radical (unpaired) electrons. The van der Waals surface area contributed by atoms with Gasteiger partial charge in [0.05, 0.1) is 5.56 Å². The highest BCUT2D eigenvalue weighted by Gasteiger charge is 2.30. The van der Waals surface area contributed by atoms with Crippen LogP contribution in [0.5, 0.6) is 11.5 Å². The van der Waals surface area contributed by atoms with E-state index in [4.69, 9.17) is 9.47 Å². The van der Waals surface area contributed by atoms with E-state index in [1.807, 2.05) is 18.2 Å². The molecule has 2 N–H and O–H groups in total. The first-order valence-corrected chi connectivity index (χ1v) is 9.78. The van der Waals surface area contributed by atoms with Crippen LogP contribution in [0.25, 0.3) is 0 Å². The molecule has 0 aliphatic carbocycles. The Morgan fingerprint density at radius 3 is 2.43 bits per heavy atom. The lowest BCUT2D eigenvalue weighted by Gasteiger charge is -2.34. The number of rotatable bonds is 3. The minimum absolute atomic E-state index is 0.0552. The van der Waals surface area contributed by atoms with E-state index in [9.17, 15) is 18.0 Å². The molecule has 30 heavy (non-hydrogen) atoms. The molecule has 1 fully saturated rings. The zero-order chi connectivity index (χ0) is 21.1. The fraction of sp³-hybridized carbons (Fsp3) is 0.381. The van der Waals surface area contributed by atoms with E-state index < -0.39 is 11.7 Å². The number of halogens is 3. The molecule has 4 rings (SSSR count). The second kappa shape index (κ2) is 8.33. The van der Waals surface area contributed by atoms with Gasteiger partial charge in [-0.2, -0.15) is 13.2 Å². The maximum atomic E-state index is 12.7. The number of fused-ring (bicyclic) bond motifs is 1. The molecular formula is C21H22F3N3O3. The lowest BCUT2D eigenvalue weighted by atomic mass is 10.1. The minimum Gasteiger partial charge on any atom is -0.486 e. The Morgan fingerprint density at radius 2 is 1.70 bits per heavy atom. The van der Waals surface area contributed by atoms with Crippen molar-refractivity contribution in [3.63, 3.8) is 0 Å². The van der Waals surface area contributed by atoms with Gasteiger partial charge >= 0.3 is 12.2 Å². The van der Waals surface area contributed by atoms with Crippen LogP contribution in [0.2, 0.25) is 0 Å². The number of nitrogens with one attached hydrogen (secondary N) is 2. The molecule has 0 unspecified atom stereocenters. The number of carbonyl (C=O) groups is 1. The SMILES string of the molecule is O=C(Nc1ccc(C(F)(F)F)cc1)N1CCC[C@@H](Nc2ccc3c(c2)OCCO3)C1. The number of alkyl halides is 3. The molecule has 2 aromatic rings. The summed E-state index contributed by atoms with van der Waals surface area (Å²) in [5.41, 5.74) is 0.464. The number of urea groups is 1. The lowest BCUT2D eigenvalue weighted by molar-refractivity contribution is -0.137. The predicted molar refractivity (Wildman–Crippen MR) is 106 cm³/mol. The number of hydrogen-bond acceptors (Lipinski definition) is 4. The highest BCUT2D eigenvalue weighted by Crippen LogP contribution is 2.33. The summed E-state index contributed by atoms with van der Waals surface area (Å²) in [5, 5.41) is 6.09. The number of amides is 2. The number of piperidine rings is 1. The Bertz CT molecular complexity index is 903. The molecule has 0 spiro atoms. The van der Waals surface area contributed by atoms with Gasteiger partial charge in [-0.25, -0.2) is 4.79 Å². The van der Waals surface area contributed by atoms with Crippen LogP contribution in [-0.2, 0) is 6.18 Å². The first-order chi connectivity index (χ1) is 14.4. The summed E-state index contributed by atoms with van der Waals surface area (Å²) in [7, 11) is 0. The maximum Gasteiger partial charge on any atom is 0.416 e. The lowest BCUT2D eigenvalue weighted by Crippen LogP contribution is -2.46. The van der Waals surface area contributed by atoms with Gasteiger partial charge in [0.2, 0.25) is 0 Å². The number of ether oxygens (including phenoxy) is 2. The number of anilines is 2. The molecular weight excluding hydrogens is 399 g/mol. The number of benzene rings is 2. The van der Waals surface area contributed by atoms with Crippen molar-refractivity contribution in [2.24, 2.45) is 0 Å². The summed E-state index contributed by atoms with van der Waals surface area (Å²) in [5.74, 6) is 1.41. The standard InChI is InChI=1S/C21H22F3N3O3/c22-21(23,24)14-3-5-15(6-4-14)26-20(28)27-9-1-2-17(13-27)25-16-7-8-18-19(12-16)30-11-10-29-18/h3-8,12,17,25H,1-2,9-11,13H2,(H,26,28)/t17-/m1/s1.